The van der Waals surface area contributed by atoms with Crippen LogP contribution in [0.25, 0.3) is 15.9 Å². The van der Waals surface area contributed by atoms with Gasteiger partial charge in [0.15, 0.2) is 16.1 Å². The van der Waals surface area contributed by atoms with Gasteiger partial charge in [-0.3, -0.25) is 14.2 Å². The molecule has 0 atom stereocenters. The number of para-hydroxylation sites is 1. The van der Waals surface area contributed by atoms with Crippen molar-refractivity contribution in [2.45, 2.75) is 22.8 Å². The SMILES string of the molecule is CN(C)S(=O)(=O)c1ccc(C(=O)NCc2nnc(SCC(=O)Nc3nc4ccccc4s3)n2-c2cccc(C(F)(F)F)c2)cc1. The van der Waals surface area contributed by atoms with Crippen molar-refractivity contribution in [1.82, 2.24) is 29.4 Å². The topological polar surface area (TPSA) is 139 Å². The lowest BCUT2D eigenvalue weighted by Gasteiger charge is -2.14. The molecule has 3 aromatic carbocycles. The minimum Gasteiger partial charge on any atom is -0.345 e. The van der Waals surface area contributed by atoms with Crippen LogP contribution in [-0.4, -0.2) is 64.1 Å². The van der Waals surface area contributed by atoms with E-state index in [-0.39, 0.29) is 39.4 Å². The van der Waals surface area contributed by atoms with Gasteiger partial charge in [0.05, 0.1) is 38.7 Å². The van der Waals surface area contributed by atoms with Crippen LogP contribution in [0.15, 0.2) is 82.8 Å². The van der Waals surface area contributed by atoms with E-state index in [2.05, 4.69) is 25.8 Å². The van der Waals surface area contributed by atoms with Crippen molar-refractivity contribution < 1.29 is 31.2 Å². The highest BCUT2D eigenvalue weighted by Crippen LogP contribution is 2.32. The fourth-order valence-electron chi connectivity index (χ4n) is 4.05. The number of nitrogens with one attached hydrogen (secondary N) is 2. The van der Waals surface area contributed by atoms with E-state index in [1.165, 1.54) is 66.4 Å². The van der Waals surface area contributed by atoms with Gasteiger partial charge in [0, 0.05) is 19.7 Å². The second kappa shape index (κ2) is 13.0. The van der Waals surface area contributed by atoms with E-state index >= 15 is 0 Å². The third kappa shape index (κ3) is 7.33. The number of nitrogens with zero attached hydrogens (tertiary/aromatic N) is 5. The molecular formula is C28H24F3N7O4S3. The summed E-state index contributed by atoms with van der Waals surface area (Å²) in [4.78, 5) is 30.0. The number of hydrogen-bond donors (Lipinski definition) is 2. The Balaban J connectivity index is 1.35. The molecule has 17 heteroatoms. The summed E-state index contributed by atoms with van der Waals surface area (Å²) in [6.45, 7) is -0.238. The number of hydrogen-bond acceptors (Lipinski definition) is 9. The summed E-state index contributed by atoms with van der Waals surface area (Å²) in [5.41, 5.74) is 0.0577. The lowest BCUT2D eigenvalue weighted by atomic mass is 10.2. The number of anilines is 1. The molecule has 0 fully saturated rings. The molecule has 0 saturated heterocycles. The number of carbonyl (C=O) groups is 2. The molecule has 0 spiro atoms. The van der Waals surface area contributed by atoms with Gasteiger partial charge < -0.3 is 10.6 Å². The van der Waals surface area contributed by atoms with Crippen LogP contribution in [0.1, 0.15) is 21.7 Å². The predicted molar refractivity (Wildman–Crippen MR) is 164 cm³/mol. The predicted octanol–water partition coefficient (Wildman–Crippen LogP) is 4.81. The molecule has 234 valence electrons. The second-order valence-corrected chi connectivity index (χ2v) is 13.7. The zero-order chi connectivity index (χ0) is 32.4. The first-order valence-corrected chi connectivity index (χ1v) is 16.3. The average Bonchev–Trinajstić information content (AvgIpc) is 3.61. The number of aromatic nitrogens is 4. The zero-order valence-corrected chi connectivity index (χ0v) is 26.0. The Bertz CT molecular complexity index is 1940. The lowest BCUT2D eigenvalue weighted by molar-refractivity contribution is -0.137. The summed E-state index contributed by atoms with van der Waals surface area (Å²) in [6.07, 6.45) is -4.62. The monoisotopic (exact) mass is 675 g/mol. The van der Waals surface area contributed by atoms with Gasteiger partial charge in [0.25, 0.3) is 5.91 Å². The van der Waals surface area contributed by atoms with Crippen LogP contribution in [0.3, 0.4) is 0 Å². The number of sulfonamides is 1. The quantitative estimate of drug-likeness (QED) is 0.201. The maximum absolute atomic E-state index is 13.5. The first-order valence-electron chi connectivity index (χ1n) is 13.0. The van der Waals surface area contributed by atoms with E-state index in [0.717, 1.165) is 38.4 Å². The summed E-state index contributed by atoms with van der Waals surface area (Å²) >= 11 is 2.25. The summed E-state index contributed by atoms with van der Waals surface area (Å²) < 4.78 is 68.5. The molecule has 45 heavy (non-hydrogen) atoms. The highest BCUT2D eigenvalue weighted by molar-refractivity contribution is 7.99. The Morgan fingerprint density at radius 2 is 1.73 bits per heavy atom. The Morgan fingerprint density at radius 3 is 2.42 bits per heavy atom. The van der Waals surface area contributed by atoms with E-state index in [1.807, 2.05) is 24.3 Å². The van der Waals surface area contributed by atoms with Crippen molar-refractivity contribution in [2.75, 3.05) is 25.2 Å². The molecule has 0 aliphatic rings. The molecule has 0 bridgehead atoms. The molecular weight excluding hydrogens is 652 g/mol. The van der Waals surface area contributed by atoms with Gasteiger partial charge in [-0.25, -0.2) is 17.7 Å². The number of fused-ring (bicyclic) bond motifs is 1. The highest BCUT2D eigenvalue weighted by atomic mass is 32.2. The number of alkyl halides is 3. The van der Waals surface area contributed by atoms with Gasteiger partial charge in [-0.1, -0.05) is 41.3 Å². The van der Waals surface area contributed by atoms with Crippen molar-refractivity contribution >= 4 is 60.3 Å². The van der Waals surface area contributed by atoms with Crippen molar-refractivity contribution in [3.8, 4) is 5.69 Å². The first-order chi connectivity index (χ1) is 21.3. The lowest BCUT2D eigenvalue weighted by Crippen LogP contribution is -2.25. The van der Waals surface area contributed by atoms with Crippen LogP contribution in [0, 0.1) is 0 Å². The molecule has 0 radical (unpaired) electrons. The van der Waals surface area contributed by atoms with Crippen LogP contribution in [-0.2, 0) is 27.5 Å². The maximum Gasteiger partial charge on any atom is 0.416 e. The van der Waals surface area contributed by atoms with E-state index in [0.29, 0.717) is 5.13 Å². The van der Waals surface area contributed by atoms with Crippen molar-refractivity contribution in [3.05, 3.63) is 89.7 Å². The van der Waals surface area contributed by atoms with Crippen molar-refractivity contribution in [3.63, 3.8) is 0 Å². The van der Waals surface area contributed by atoms with Crippen LogP contribution < -0.4 is 10.6 Å². The van der Waals surface area contributed by atoms with Crippen LogP contribution >= 0.6 is 23.1 Å². The fraction of sp³-hybridized carbons (Fsp3) is 0.179. The van der Waals surface area contributed by atoms with Crippen molar-refractivity contribution in [2.24, 2.45) is 0 Å². The summed E-state index contributed by atoms with van der Waals surface area (Å²) in [5, 5.41) is 14.0. The molecule has 11 nitrogen and oxygen atoms in total. The van der Waals surface area contributed by atoms with E-state index in [1.54, 1.807) is 0 Å². The number of carbonyl (C=O) groups excluding carboxylic acids is 2. The fourth-order valence-corrected chi connectivity index (χ4v) is 6.61. The van der Waals surface area contributed by atoms with Gasteiger partial charge in [-0.05, 0) is 54.6 Å². The molecule has 2 N–H and O–H groups in total. The van der Waals surface area contributed by atoms with E-state index in [9.17, 15) is 31.2 Å². The Kier molecular flexibility index (Phi) is 9.24. The van der Waals surface area contributed by atoms with Gasteiger partial charge >= 0.3 is 6.18 Å². The number of rotatable bonds is 10. The summed E-state index contributed by atoms with van der Waals surface area (Å²) in [7, 11) is -0.918. The molecule has 2 heterocycles. The molecule has 2 amide bonds. The molecule has 5 aromatic rings. The van der Waals surface area contributed by atoms with E-state index < -0.39 is 33.6 Å². The molecule has 0 unspecified atom stereocenters. The number of amides is 2. The largest absolute Gasteiger partial charge is 0.416 e. The standard InChI is InChI=1S/C28H24F3N7O4S3/c1-37(2)45(41,42)20-12-10-17(11-13-20)25(40)32-15-23-35-36-27(38(23)19-7-5-6-18(14-19)28(29,30)31)43-16-24(39)34-26-33-21-8-3-4-9-22(21)44-26/h3-14H,15-16H2,1-2H3,(H,32,40)(H,33,34,39). The average molecular weight is 676 g/mol. The Labute approximate surface area is 263 Å². The van der Waals surface area contributed by atoms with Gasteiger partial charge in [-0.15, -0.1) is 10.2 Å². The number of halogens is 3. The molecule has 0 saturated carbocycles. The molecule has 0 aliphatic carbocycles. The number of benzene rings is 3. The normalized spacial score (nSPS) is 12.0. The first kappa shape index (κ1) is 32.1. The Hall–Kier alpha value is -4.32. The number of thiazole rings is 1. The van der Waals surface area contributed by atoms with Crippen molar-refractivity contribution in [1.29, 1.82) is 0 Å². The Morgan fingerprint density at radius 1 is 1.00 bits per heavy atom. The summed E-state index contributed by atoms with van der Waals surface area (Å²) in [6, 6.07) is 17.2. The third-order valence-corrected chi connectivity index (χ3v) is 10.0. The minimum absolute atomic E-state index is 0.00202. The van der Waals surface area contributed by atoms with E-state index in [4.69, 9.17) is 0 Å². The molecule has 5 rings (SSSR count). The highest BCUT2D eigenvalue weighted by Gasteiger charge is 2.31. The van der Waals surface area contributed by atoms with Crippen LogP contribution in [0.2, 0.25) is 0 Å². The van der Waals surface area contributed by atoms with Crippen LogP contribution in [0.4, 0.5) is 18.3 Å². The number of thioether (sulfide) groups is 1. The van der Waals surface area contributed by atoms with Crippen LogP contribution in [0.5, 0.6) is 0 Å². The third-order valence-electron chi connectivity index (χ3n) is 6.31. The smallest absolute Gasteiger partial charge is 0.345 e. The summed E-state index contributed by atoms with van der Waals surface area (Å²) in [5.74, 6) is -1.04. The zero-order valence-electron chi connectivity index (χ0n) is 23.6. The maximum atomic E-state index is 13.5. The van der Waals surface area contributed by atoms with Gasteiger partial charge in [0.1, 0.15) is 0 Å². The van der Waals surface area contributed by atoms with Gasteiger partial charge in [-0.2, -0.15) is 13.2 Å². The second-order valence-electron chi connectivity index (χ2n) is 9.60. The molecule has 2 aromatic heterocycles. The van der Waals surface area contributed by atoms with Gasteiger partial charge in [0.2, 0.25) is 15.9 Å². The molecule has 0 aliphatic heterocycles. The minimum atomic E-state index is -4.62.